The molecule has 6 nitrogen and oxygen atoms in total. The first-order valence-electron chi connectivity index (χ1n) is 5.69. The predicted molar refractivity (Wildman–Crippen MR) is 78.6 cm³/mol. The van der Waals surface area contributed by atoms with Gasteiger partial charge in [0.05, 0.1) is 28.9 Å². The van der Waals surface area contributed by atoms with Crippen molar-refractivity contribution in [2.75, 3.05) is 39.1 Å². The maximum atomic E-state index is 12.5. The van der Waals surface area contributed by atoms with E-state index in [0.717, 1.165) is 4.31 Å². The average molecular weight is 343 g/mol. The smallest absolute Gasteiger partial charge is 0.244 e. The Morgan fingerprint density at radius 2 is 2.00 bits per heavy atom. The van der Waals surface area contributed by atoms with E-state index in [1.807, 2.05) is 0 Å². The number of anilines is 1. The molecule has 114 valence electrons. The number of nitrogens with two attached hydrogens (primary N) is 1. The lowest BCUT2D eigenvalue weighted by molar-refractivity contribution is 0.168. The van der Waals surface area contributed by atoms with Gasteiger partial charge in [0, 0.05) is 20.2 Å². The lowest BCUT2D eigenvalue weighted by Gasteiger charge is -2.22. The number of halogens is 2. The molecule has 0 saturated carbocycles. The van der Waals surface area contributed by atoms with Gasteiger partial charge in [-0.3, -0.25) is 0 Å². The van der Waals surface area contributed by atoms with E-state index in [4.69, 9.17) is 38.8 Å². The van der Waals surface area contributed by atoms with E-state index in [1.165, 1.54) is 19.2 Å². The van der Waals surface area contributed by atoms with E-state index >= 15 is 0 Å². The monoisotopic (exact) mass is 342 g/mol. The highest BCUT2D eigenvalue weighted by atomic mass is 35.5. The summed E-state index contributed by atoms with van der Waals surface area (Å²) < 4.78 is 30.9. The Balaban J connectivity index is 3.22. The molecule has 1 rings (SSSR count). The quantitative estimate of drug-likeness (QED) is 0.726. The summed E-state index contributed by atoms with van der Waals surface area (Å²) in [4.78, 5) is -0.148. The van der Waals surface area contributed by atoms with Gasteiger partial charge < -0.3 is 15.6 Å². The van der Waals surface area contributed by atoms with Gasteiger partial charge in [0.25, 0.3) is 0 Å². The molecule has 0 bridgehead atoms. The van der Waals surface area contributed by atoms with Crippen LogP contribution in [0.2, 0.25) is 10.0 Å². The summed E-state index contributed by atoms with van der Waals surface area (Å²) in [5.41, 5.74) is 5.64. The fourth-order valence-electron chi connectivity index (χ4n) is 1.54. The van der Waals surface area contributed by atoms with Crippen molar-refractivity contribution in [2.24, 2.45) is 0 Å². The molecule has 9 heteroatoms. The molecule has 0 spiro atoms. The molecule has 0 aliphatic carbocycles. The van der Waals surface area contributed by atoms with Crippen molar-refractivity contribution in [3.05, 3.63) is 22.2 Å². The molecule has 0 aromatic heterocycles. The fourth-order valence-corrected chi connectivity index (χ4v) is 3.70. The third kappa shape index (κ3) is 3.75. The third-order valence-corrected chi connectivity index (χ3v) is 5.39. The Hall–Kier alpha value is -0.570. The summed E-state index contributed by atoms with van der Waals surface area (Å²) in [6.45, 7) is -0.0909. The molecule has 3 N–H and O–H groups in total. The van der Waals surface area contributed by atoms with Gasteiger partial charge in [-0.15, -0.1) is 0 Å². The second-order valence-electron chi connectivity index (χ2n) is 3.89. The van der Waals surface area contributed by atoms with Gasteiger partial charge >= 0.3 is 0 Å². The first kappa shape index (κ1) is 17.5. The van der Waals surface area contributed by atoms with Crippen LogP contribution in [-0.2, 0) is 14.8 Å². The number of aliphatic hydroxyl groups is 1. The van der Waals surface area contributed by atoms with E-state index in [1.54, 1.807) is 0 Å². The van der Waals surface area contributed by atoms with Crippen molar-refractivity contribution in [2.45, 2.75) is 4.90 Å². The number of nitrogen functional groups attached to an aromatic ring is 1. The molecule has 1 aromatic carbocycles. The van der Waals surface area contributed by atoms with Gasteiger partial charge in [-0.1, -0.05) is 23.2 Å². The zero-order valence-electron chi connectivity index (χ0n) is 10.8. The SMILES string of the molecule is COCCN(CCO)S(=O)(=O)c1ccc(Cl)c(N)c1Cl. The minimum Gasteiger partial charge on any atom is -0.396 e. The molecule has 0 saturated heterocycles. The Labute approximate surface area is 128 Å². The molecule has 1 aromatic rings. The maximum absolute atomic E-state index is 12.5. The van der Waals surface area contributed by atoms with Crippen LogP contribution in [0.1, 0.15) is 0 Å². The Morgan fingerprint density at radius 3 is 2.55 bits per heavy atom. The van der Waals surface area contributed by atoms with Gasteiger partial charge in [0.2, 0.25) is 10.0 Å². The maximum Gasteiger partial charge on any atom is 0.244 e. The van der Waals surface area contributed by atoms with Crippen molar-refractivity contribution in [1.82, 2.24) is 4.31 Å². The predicted octanol–water partition coefficient (Wildman–Crippen LogP) is 1.21. The Morgan fingerprint density at radius 1 is 1.35 bits per heavy atom. The molecule has 0 aliphatic heterocycles. The summed E-state index contributed by atoms with van der Waals surface area (Å²) in [5.74, 6) is 0. The normalized spacial score (nSPS) is 12.1. The number of nitrogens with zero attached hydrogens (tertiary/aromatic N) is 1. The number of hydrogen-bond donors (Lipinski definition) is 2. The lowest BCUT2D eigenvalue weighted by Crippen LogP contribution is -2.36. The van der Waals surface area contributed by atoms with Crippen LogP contribution < -0.4 is 5.73 Å². The zero-order chi connectivity index (χ0) is 15.3. The van der Waals surface area contributed by atoms with E-state index in [-0.39, 0.29) is 46.9 Å². The van der Waals surface area contributed by atoms with Crippen LogP contribution in [0, 0.1) is 0 Å². The largest absolute Gasteiger partial charge is 0.396 e. The standard InChI is InChI=1S/C11H16Cl2N2O4S/c1-19-7-5-15(4-6-16)20(17,18)9-3-2-8(12)11(14)10(9)13/h2-3,16H,4-7,14H2,1H3. The number of hydrogen-bond acceptors (Lipinski definition) is 5. The van der Waals surface area contributed by atoms with Gasteiger partial charge in [-0.2, -0.15) is 4.31 Å². The molecule has 0 amide bonds. The molecular formula is C11H16Cl2N2O4S. The molecule has 0 radical (unpaired) electrons. The third-order valence-electron chi connectivity index (χ3n) is 2.60. The van der Waals surface area contributed by atoms with Gasteiger partial charge in [-0.25, -0.2) is 8.42 Å². The summed E-state index contributed by atoms with van der Waals surface area (Å²) in [6, 6.07) is 2.65. The average Bonchev–Trinajstić information content (AvgIpc) is 2.40. The number of benzene rings is 1. The molecule has 0 heterocycles. The highest BCUT2D eigenvalue weighted by Gasteiger charge is 2.27. The van der Waals surface area contributed by atoms with Crippen molar-refractivity contribution >= 4 is 38.9 Å². The Bertz CT molecular complexity index is 566. The van der Waals surface area contributed by atoms with Gasteiger partial charge in [0.15, 0.2) is 0 Å². The number of sulfonamides is 1. The Kier molecular flexibility index (Phi) is 6.50. The van der Waals surface area contributed by atoms with Crippen LogP contribution in [0.3, 0.4) is 0 Å². The van der Waals surface area contributed by atoms with Crippen molar-refractivity contribution in [3.63, 3.8) is 0 Å². The van der Waals surface area contributed by atoms with Crippen molar-refractivity contribution < 1.29 is 18.3 Å². The zero-order valence-corrected chi connectivity index (χ0v) is 13.2. The topological polar surface area (TPSA) is 92.9 Å². The van der Waals surface area contributed by atoms with Crippen LogP contribution >= 0.6 is 23.2 Å². The number of rotatable bonds is 7. The van der Waals surface area contributed by atoms with E-state index in [0.29, 0.717) is 0 Å². The lowest BCUT2D eigenvalue weighted by atomic mass is 10.3. The second kappa shape index (κ2) is 7.44. The summed E-state index contributed by atoms with van der Waals surface area (Å²) >= 11 is 11.7. The molecular weight excluding hydrogens is 327 g/mol. The van der Waals surface area contributed by atoms with E-state index in [2.05, 4.69) is 0 Å². The van der Waals surface area contributed by atoms with Crippen LogP contribution in [0.5, 0.6) is 0 Å². The fraction of sp³-hybridized carbons (Fsp3) is 0.455. The summed E-state index contributed by atoms with van der Waals surface area (Å²) in [5, 5.41) is 9.04. The van der Waals surface area contributed by atoms with E-state index in [9.17, 15) is 8.42 Å². The van der Waals surface area contributed by atoms with Gasteiger partial charge in [-0.05, 0) is 12.1 Å². The van der Waals surface area contributed by atoms with Crippen molar-refractivity contribution in [3.8, 4) is 0 Å². The minimum atomic E-state index is -3.88. The first-order valence-corrected chi connectivity index (χ1v) is 7.89. The van der Waals surface area contributed by atoms with E-state index < -0.39 is 10.0 Å². The highest BCUT2D eigenvalue weighted by Crippen LogP contribution is 2.34. The van der Waals surface area contributed by atoms with Crippen LogP contribution in [0.15, 0.2) is 17.0 Å². The second-order valence-corrected chi connectivity index (χ2v) is 6.59. The summed E-state index contributed by atoms with van der Waals surface area (Å²) in [7, 11) is -2.43. The molecule has 0 atom stereocenters. The van der Waals surface area contributed by atoms with Gasteiger partial charge in [0.1, 0.15) is 4.90 Å². The minimum absolute atomic E-state index is 0.00472. The van der Waals surface area contributed by atoms with Crippen molar-refractivity contribution in [1.29, 1.82) is 0 Å². The number of methoxy groups -OCH3 is 1. The summed E-state index contributed by atoms with van der Waals surface area (Å²) in [6.07, 6.45) is 0. The van der Waals surface area contributed by atoms with Crippen LogP contribution in [-0.4, -0.2) is 51.2 Å². The van der Waals surface area contributed by atoms with Crippen LogP contribution in [0.25, 0.3) is 0 Å². The number of ether oxygens (including phenoxy) is 1. The molecule has 0 aliphatic rings. The first-order chi connectivity index (χ1) is 9.36. The number of aliphatic hydroxyl groups excluding tert-OH is 1. The molecule has 20 heavy (non-hydrogen) atoms. The highest BCUT2D eigenvalue weighted by molar-refractivity contribution is 7.89. The van der Waals surface area contributed by atoms with Crippen LogP contribution in [0.4, 0.5) is 5.69 Å². The molecule has 0 fully saturated rings. The molecule has 0 unspecified atom stereocenters.